The predicted molar refractivity (Wildman–Crippen MR) is 228 cm³/mol. The third-order valence-electron chi connectivity index (χ3n) is 9.00. The molecule has 0 saturated heterocycles. The number of rotatable bonds is 41. The van der Waals surface area contributed by atoms with Crippen LogP contribution in [0.25, 0.3) is 0 Å². The van der Waals surface area contributed by atoms with Crippen LogP contribution in [0.1, 0.15) is 187 Å². The third kappa shape index (κ3) is 41.2. The van der Waals surface area contributed by atoms with E-state index in [0.717, 1.165) is 38.5 Å². The number of nitrogens with two attached hydrogens (primary N) is 1. The topological polar surface area (TPSA) is 117 Å². The molecule has 0 aromatic rings. The first kappa shape index (κ1) is 52.0. The third-order valence-corrected chi connectivity index (χ3v) is 9.99. The van der Waals surface area contributed by atoms with Crippen LogP contribution in [0.5, 0.6) is 0 Å². The van der Waals surface area contributed by atoms with Crippen LogP contribution in [-0.4, -0.2) is 43.3 Å². The minimum atomic E-state index is -4.31. The first-order valence-corrected chi connectivity index (χ1v) is 23.3. The number of ether oxygens (including phenoxy) is 2. The van der Waals surface area contributed by atoms with Gasteiger partial charge in [-0.25, -0.2) is 4.57 Å². The Labute approximate surface area is 332 Å². The second kappa shape index (κ2) is 42.2. The summed E-state index contributed by atoms with van der Waals surface area (Å²) in [6.45, 7) is 4.17. The molecule has 1 unspecified atom stereocenters. The lowest BCUT2D eigenvalue weighted by Gasteiger charge is -2.19. The predicted octanol–water partition coefficient (Wildman–Crippen LogP) is 13.3. The average molecular weight is 780 g/mol. The van der Waals surface area contributed by atoms with Crippen LogP contribution in [0, 0.1) is 0 Å². The van der Waals surface area contributed by atoms with Crippen molar-refractivity contribution >= 4 is 13.8 Å². The van der Waals surface area contributed by atoms with E-state index in [4.69, 9.17) is 24.3 Å². The molecule has 0 spiro atoms. The van der Waals surface area contributed by atoms with Gasteiger partial charge in [0.1, 0.15) is 6.61 Å². The molecule has 3 N–H and O–H groups in total. The molecule has 0 rings (SSSR count). The van der Waals surface area contributed by atoms with Gasteiger partial charge in [0.2, 0.25) is 0 Å². The van der Waals surface area contributed by atoms with Gasteiger partial charge in [-0.3, -0.25) is 13.8 Å². The summed E-state index contributed by atoms with van der Waals surface area (Å²) in [5.74, 6) is -0.406. The Morgan fingerprint density at radius 2 is 1.00 bits per heavy atom. The fourth-order valence-corrected chi connectivity index (χ4v) is 6.54. The Morgan fingerprint density at radius 1 is 0.574 bits per heavy atom. The fraction of sp³-hybridized carbons (Fsp3) is 0.756. The fourth-order valence-electron chi connectivity index (χ4n) is 5.78. The van der Waals surface area contributed by atoms with Crippen LogP contribution in [-0.2, 0) is 27.9 Å². The number of phosphoric ester groups is 1. The van der Waals surface area contributed by atoms with Crippen LogP contribution in [0.3, 0.4) is 0 Å². The Morgan fingerprint density at radius 3 is 1.48 bits per heavy atom. The number of esters is 1. The van der Waals surface area contributed by atoms with Crippen molar-refractivity contribution in [2.24, 2.45) is 5.73 Å². The smallest absolute Gasteiger partial charge is 0.472 e. The average Bonchev–Trinajstić information content (AvgIpc) is 3.16. The lowest BCUT2D eigenvalue weighted by Crippen LogP contribution is -2.27. The van der Waals surface area contributed by atoms with E-state index in [9.17, 15) is 14.3 Å². The molecule has 0 heterocycles. The van der Waals surface area contributed by atoms with Crippen molar-refractivity contribution in [3.05, 3.63) is 60.9 Å². The second-order valence-corrected chi connectivity index (χ2v) is 15.7. The number of carbonyl (C=O) groups is 1. The van der Waals surface area contributed by atoms with Gasteiger partial charge >= 0.3 is 13.8 Å². The molecular formula is C45H82NO7P. The maximum absolute atomic E-state index is 12.5. The number of phosphoric acid groups is 1. The van der Waals surface area contributed by atoms with Gasteiger partial charge in [-0.05, 0) is 63.9 Å². The summed E-state index contributed by atoms with van der Waals surface area (Å²) in [6.07, 6.45) is 52.0. The van der Waals surface area contributed by atoms with Crippen LogP contribution < -0.4 is 5.73 Å². The molecule has 0 aliphatic carbocycles. The highest BCUT2D eigenvalue weighted by Gasteiger charge is 2.25. The Hall–Kier alpha value is -1.96. The zero-order valence-corrected chi connectivity index (χ0v) is 35.6. The molecule has 0 amide bonds. The normalized spacial score (nSPS) is 14.0. The first-order chi connectivity index (χ1) is 26.4. The summed E-state index contributed by atoms with van der Waals surface area (Å²) in [6, 6.07) is 0. The molecule has 54 heavy (non-hydrogen) atoms. The van der Waals surface area contributed by atoms with Crippen molar-refractivity contribution < 1.29 is 32.8 Å². The van der Waals surface area contributed by atoms with Gasteiger partial charge in [-0.1, -0.05) is 172 Å². The summed E-state index contributed by atoms with van der Waals surface area (Å²) in [5.41, 5.74) is 5.36. The zero-order valence-electron chi connectivity index (χ0n) is 34.7. The van der Waals surface area contributed by atoms with Gasteiger partial charge in [-0.15, -0.1) is 0 Å². The molecule has 0 radical (unpaired) electrons. The van der Waals surface area contributed by atoms with Crippen molar-refractivity contribution in [2.45, 2.75) is 193 Å². The molecule has 0 aliphatic rings. The quantitative estimate of drug-likeness (QED) is 0.0207. The minimum Gasteiger partial charge on any atom is -0.498 e. The Kier molecular flexibility index (Phi) is 40.7. The molecule has 2 atom stereocenters. The highest BCUT2D eigenvalue weighted by atomic mass is 31.2. The molecule has 0 aromatic heterocycles. The number of allylic oxidation sites excluding steroid dienone is 9. The van der Waals surface area contributed by atoms with Crippen molar-refractivity contribution in [3.8, 4) is 0 Å². The van der Waals surface area contributed by atoms with Crippen LogP contribution in [0.4, 0.5) is 0 Å². The highest BCUT2D eigenvalue weighted by molar-refractivity contribution is 7.47. The van der Waals surface area contributed by atoms with E-state index >= 15 is 0 Å². The van der Waals surface area contributed by atoms with Crippen molar-refractivity contribution in [1.29, 1.82) is 0 Å². The molecule has 8 nitrogen and oxygen atoms in total. The van der Waals surface area contributed by atoms with Crippen LogP contribution >= 0.6 is 7.82 Å². The maximum Gasteiger partial charge on any atom is 0.472 e. The van der Waals surface area contributed by atoms with Gasteiger partial charge in [0.15, 0.2) is 6.10 Å². The van der Waals surface area contributed by atoms with E-state index < -0.39 is 19.9 Å². The molecule has 0 saturated carbocycles. The first-order valence-electron chi connectivity index (χ1n) is 21.8. The van der Waals surface area contributed by atoms with E-state index in [1.807, 2.05) is 6.08 Å². The van der Waals surface area contributed by atoms with E-state index in [2.05, 4.69) is 62.5 Å². The Balaban J connectivity index is 4.19. The molecule has 0 bridgehead atoms. The molecule has 0 aromatic carbocycles. The van der Waals surface area contributed by atoms with Crippen LogP contribution in [0.2, 0.25) is 0 Å². The Bertz CT molecular complexity index is 1010. The SMILES string of the molecule is CCCCCCCCC/C=C/C/C=C/C/C=C/C/C=C/CCCC(=O)O[C@H](CO/C=C/CCCCCCCCCCCCCC)COP(=O)(O)OCCN. The number of hydrogen-bond donors (Lipinski definition) is 2. The lowest BCUT2D eigenvalue weighted by atomic mass is 10.0. The largest absolute Gasteiger partial charge is 0.498 e. The minimum absolute atomic E-state index is 0.00894. The molecule has 0 aliphatic heterocycles. The monoisotopic (exact) mass is 780 g/mol. The summed E-state index contributed by atoms with van der Waals surface area (Å²) < 4.78 is 33.1. The summed E-state index contributed by atoms with van der Waals surface area (Å²) in [4.78, 5) is 22.4. The standard InChI is InChI=1S/C45H82NO7P/c1-3-5-7-9-11-13-15-17-19-20-21-22-23-24-25-26-28-30-32-34-36-38-45(47)53-44(43-52-54(48,49)51-41-39-46)42-50-40-37-35-33-31-29-27-18-16-14-12-10-8-6-4-2/h19-20,22-23,25-26,30,32,37,40,44H,3-18,21,24,27-29,31,33-36,38-39,41-43,46H2,1-2H3,(H,48,49)/b20-19+,23-22+,26-25+,32-30+,40-37+/t44-/m1/s1. The molecule has 314 valence electrons. The zero-order chi connectivity index (χ0) is 39.5. The van der Waals surface area contributed by atoms with Crippen molar-refractivity contribution in [1.82, 2.24) is 0 Å². The molecule has 0 fully saturated rings. The summed E-state index contributed by atoms with van der Waals surface area (Å²) in [5, 5.41) is 0. The van der Waals surface area contributed by atoms with E-state index in [0.29, 0.717) is 6.42 Å². The van der Waals surface area contributed by atoms with Gasteiger partial charge < -0.3 is 20.1 Å². The number of carbonyl (C=O) groups excluding carboxylic acids is 1. The van der Waals surface area contributed by atoms with Gasteiger partial charge in [0, 0.05) is 13.0 Å². The summed E-state index contributed by atoms with van der Waals surface area (Å²) in [7, 11) is -4.31. The van der Waals surface area contributed by atoms with Gasteiger partial charge in [-0.2, -0.15) is 0 Å². The summed E-state index contributed by atoms with van der Waals surface area (Å²) >= 11 is 0. The van der Waals surface area contributed by atoms with Crippen molar-refractivity contribution in [2.75, 3.05) is 26.4 Å². The second-order valence-electron chi connectivity index (χ2n) is 14.3. The van der Waals surface area contributed by atoms with Crippen molar-refractivity contribution in [3.63, 3.8) is 0 Å². The van der Waals surface area contributed by atoms with E-state index in [1.54, 1.807) is 6.26 Å². The molecular weight excluding hydrogens is 697 g/mol. The highest BCUT2D eigenvalue weighted by Crippen LogP contribution is 2.43. The van der Waals surface area contributed by atoms with Gasteiger partial charge in [0.25, 0.3) is 0 Å². The number of unbranched alkanes of at least 4 members (excludes halogenated alkanes) is 20. The maximum atomic E-state index is 12.5. The lowest BCUT2D eigenvalue weighted by molar-refractivity contribution is -0.153. The molecule has 9 heteroatoms. The van der Waals surface area contributed by atoms with E-state index in [1.165, 1.54) is 122 Å². The number of hydrogen-bond acceptors (Lipinski definition) is 7. The van der Waals surface area contributed by atoms with Crippen LogP contribution in [0.15, 0.2) is 60.9 Å². The van der Waals surface area contributed by atoms with E-state index in [-0.39, 0.29) is 32.8 Å². The van der Waals surface area contributed by atoms with Gasteiger partial charge in [0.05, 0.1) is 19.5 Å².